The maximum atomic E-state index is 11.9. The van der Waals surface area contributed by atoms with E-state index in [1.165, 1.54) is 12.0 Å². The van der Waals surface area contributed by atoms with Gasteiger partial charge in [0.25, 0.3) is 0 Å². The predicted octanol–water partition coefficient (Wildman–Crippen LogP) is 0.526. The van der Waals surface area contributed by atoms with Gasteiger partial charge < -0.3 is 24.5 Å². The number of carbonyl (C=O) groups excluding carboxylic acids is 1. The Labute approximate surface area is 129 Å². The van der Waals surface area contributed by atoms with Crippen molar-refractivity contribution < 1.29 is 14.6 Å². The molecule has 0 radical (unpaired) electrons. The average Bonchev–Trinajstić information content (AvgIpc) is 2.89. The lowest BCUT2D eigenvalue weighted by atomic mass is 10.3. The number of urea groups is 1. The van der Waals surface area contributed by atoms with Crippen LogP contribution in [0, 0.1) is 0 Å². The lowest BCUT2D eigenvalue weighted by Crippen LogP contribution is -2.42. The molecular weight excluding hydrogens is 284 g/mol. The number of methoxy groups -OCH3 is 1. The first-order valence-electron chi connectivity index (χ1n) is 7.18. The van der Waals surface area contributed by atoms with Crippen molar-refractivity contribution >= 4 is 11.7 Å². The molecule has 0 spiro atoms. The Balaban J connectivity index is 1.76. The van der Waals surface area contributed by atoms with E-state index < -0.39 is 6.10 Å². The monoisotopic (exact) mass is 306 g/mol. The van der Waals surface area contributed by atoms with Crippen LogP contribution in [0.3, 0.4) is 0 Å². The van der Waals surface area contributed by atoms with E-state index in [-0.39, 0.29) is 19.2 Å². The predicted molar refractivity (Wildman–Crippen MR) is 82.8 cm³/mol. The van der Waals surface area contributed by atoms with Gasteiger partial charge in [0.1, 0.15) is 5.65 Å². The van der Waals surface area contributed by atoms with Gasteiger partial charge in [0, 0.05) is 39.5 Å². The molecule has 0 saturated carbocycles. The van der Waals surface area contributed by atoms with Gasteiger partial charge >= 0.3 is 6.03 Å². The average molecular weight is 306 g/mol. The van der Waals surface area contributed by atoms with Gasteiger partial charge in [-0.1, -0.05) is 6.07 Å². The fourth-order valence-corrected chi connectivity index (χ4v) is 2.18. The topological polar surface area (TPSA) is 79.1 Å². The number of nitrogens with zero attached hydrogens (tertiary/aromatic N) is 3. The van der Waals surface area contributed by atoms with Gasteiger partial charge in [0.2, 0.25) is 0 Å². The Kier molecular flexibility index (Phi) is 5.74. The number of hydrogen-bond donors (Lipinski definition) is 2. The smallest absolute Gasteiger partial charge is 0.317 e. The summed E-state index contributed by atoms with van der Waals surface area (Å²) in [5.41, 5.74) is 1.82. The molecule has 2 aromatic rings. The molecule has 0 fully saturated rings. The number of hydrogen-bond acceptors (Lipinski definition) is 4. The van der Waals surface area contributed by atoms with Gasteiger partial charge in [0.05, 0.1) is 24.9 Å². The van der Waals surface area contributed by atoms with Gasteiger partial charge in [-0.3, -0.25) is 0 Å². The van der Waals surface area contributed by atoms with Gasteiger partial charge in [-0.15, -0.1) is 0 Å². The molecule has 7 nitrogen and oxygen atoms in total. The Morgan fingerprint density at radius 2 is 2.36 bits per heavy atom. The van der Waals surface area contributed by atoms with E-state index >= 15 is 0 Å². The van der Waals surface area contributed by atoms with Crippen LogP contribution in [0.4, 0.5) is 4.79 Å². The molecule has 0 aliphatic carbocycles. The lowest BCUT2D eigenvalue weighted by molar-refractivity contribution is 0.0490. The maximum Gasteiger partial charge on any atom is 0.317 e. The van der Waals surface area contributed by atoms with Crippen molar-refractivity contribution in [1.82, 2.24) is 19.6 Å². The van der Waals surface area contributed by atoms with Crippen LogP contribution in [0.1, 0.15) is 5.69 Å². The lowest BCUT2D eigenvalue weighted by Gasteiger charge is -2.20. The number of aliphatic hydroxyl groups is 1. The number of aromatic nitrogens is 2. The minimum Gasteiger partial charge on any atom is -0.389 e. The van der Waals surface area contributed by atoms with Crippen LogP contribution < -0.4 is 5.32 Å². The highest BCUT2D eigenvalue weighted by atomic mass is 16.5. The van der Waals surface area contributed by atoms with E-state index in [1.807, 2.05) is 35.0 Å². The number of fused-ring (bicyclic) bond motifs is 1. The fourth-order valence-electron chi connectivity index (χ4n) is 2.18. The Hall–Kier alpha value is -2.12. The molecule has 0 unspecified atom stereocenters. The number of likely N-dealkylation sites (N-methyl/N-ethyl adjacent to an activating group) is 1. The number of ether oxygens (including phenoxy) is 1. The number of amides is 2. The molecule has 7 heteroatoms. The molecule has 120 valence electrons. The van der Waals surface area contributed by atoms with Gasteiger partial charge in [-0.25, -0.2) is 9.78 Å². The van der Waals surface area contributed by atoms with Crippen LogP contribution in [-0.2, 0) is 11.2 Å². The number of carbonyl (C=O) groups is 1. The van der Waals surface area contributed by atoms with E-state index in [0.29, 0.717) is 13.0 Å². The van der Waals surface area contributed by atoms with Gasteiger partial charge in [0.15, 0.2) is 0 Å². The van der Waals surface area contributed by atoms with Crippen molar-refractivity contribution in [2.45, 2.75) is 12.5 Å². The first-order chi connectivity index (χ1) is 10.6. The zero-order valence-electron chi connectivity index (χ0n) is 12.9. The number of rotatable bonds is 7. The van der Waals surface area contributed by atoms with Crippen molar-refractivity contribution in [2.75, 3.05) is 33.9 Å². The molecule has 0 bridgehead atoms. The molecule has 2 amide bonds. The largest absolute Gasteiger partial charge is 0.389 e. The van der Waals surface area contributed by atoms with E-state index in [0.717, 1.165) is 11.3 Å². The van der Waals surface area contributed by atoms with Crippen LogP contribution in [0.5, 0.6) is 0 Å². The fraction of sp³-hybridized carbons (Fsp3) is 0.467. The minimum atomic E-state index is -0.681. The third-order valence-corrected chi connectivity index (χ3v) is 3.26. The molecule has 2 N–H and O–H groups in total. The van der Waals surface area contributed by atoms with Crippen molar-refractivity contribution in [2.24, 2.45) is 0 Å². The number of nitrogens with one attached hydrogen (secondary N) is 1. The van der Waals surface area contributed by atoms with E-state index in [9.17, 15) is 9.90 Å². The molecular formula is C15H22N4O3. The molecule has 2 aromatic heterocycles. The molecule has 0 saturated heterocycles. The number of imidazole rings is 1. The molecule has 2 rings (SSSR count). The molecule has 1 atom stereocenters. The highest BCUT2D eigenvalue weighted by Gasteiger charge is 2.13. The first-order valence-corrected chi connectivity index (χ1v) is 7.18. The Bertz CT molecular complexity index is 581. The molecule has 0 aliphatic heterocycles. The van der Waals surface area contributed by atoms with E-state index in [1.54, 1.807) is 7.05 Å². The SMILES string of the molecule is COC[C@@H](O)CN(C)C(=O)NCCc1cn2ccccc2n1. The van der Waals surface area contributed by atoms with E-state index in [2.05, 4.69) is 10.3 Å². The van der Waals surface area contributed by atoms with Crippen LogP contribution >= 0.6 is 0 Å². The van der Waals surface area contributed by atoms with Gasteiger partial charge in [-0.05, 0) is 12.1 Å². The van der Waals surface area contributed by atoms with Crippen LogP contribution in [0.25, 0.3) is 5.65 Å². The second kappa shape index (κ2) is 7.77. The summed E-state index contributed by atoms with van der Waals surface area (Å²) >= 11 is 0. The van der Waals surface area contributed by atoms with Crippen LogP contribution in [0.2, 0.25) is 0 Å². The molecule has 22 heavy (non-hydrogen) atoms. The van der Waals surface area contributed by atoms with Crippen molar-refractivity contribution in [3.05, 3.63) is 36.3 Å². The summed E-state index contributed by atoms with van der Waals surface area (Å²) in [4.78, 5) is 17.8. The van der Waals surface area contributed by atoms with Crippen molar-refractivity contribution in [3.8, 4) is 0 Å². The Morgan fingerprint density at radius 3 is 3.09 bits per heavy atom. The van der Waals surface area contributed by atoms with Crippen LogP contribution in [0.15, 0.2) is 30.6 Å². The third-order valence-electron chi connectivity index (χ3n) is 3.26. The van der Waals surface area contributed by atoms with Crippen molar-refractivity contribution in [3.63, 3.8) is 0 Å². The standard InChI is InChI=1S/C15H22N4O3/c1-18(10-13(20)11-22-2)15(21)16-7-6-12-9-19-8-4-3-5-14(19)17-12/h3-5,8-9,13,20H,6-7,10-11H2,1-2H3,(H,16,21)/t13-/m0/s1. The van der Waals surface area contributed by atoms with Crippen LogP contribution in [-0.4, -0.2) is 65.4 Å². The first kappa shape index (κ1) is 16.3. The second-order valence-corrected chi connectivity index (χ2v) is 5.17. The summed E-state index contributed by atoms with van der Waals surface area (Å²) in [5.74, 6) is 0. The molecule has 2 heterocycles. The quantitative estimate of drug-likeness (QED) is 0.782. The summed E-state index contributed by atoms with van der Waals surface area (Å²) in [7, 11) is 3.15. The second-order valence-electron chi connectivity index (χ2n) is 5.17. The third kappa shape index (κ3) is 4.44. The Morgan fingerprint density at radius 1 is 1.55 bits per heavy atom. The molecule has 0 aliphatic rings. The summed E-state index contributed by atoms with van der Waals surface area (Å²) < 4.78 is 6.78. The zero-order valence-corrected chi connectivity index (χ0v) is 12.9. The minimum absolute atomic E-state index is 0.207. The summed E-state index contributed by atoms with van der Waals surface area (Å²) in [5, 5.41) is 12.4. The normalized spacial score (nSPS) is 12.3. The highest BCUT2D eigenvalue weighted by Crippen LogP contribution is 2.04. The summed E-state index contributed by atoms with van der Waals surface area (Å²) in [6.07, 6.45) is 3.87. The summed E-state index contributed by atoms with van der Waals surface area (Å²) in [6.45, 7) is 0.931. The highest BCUT2D eigenvalue weighted by molar-refractivity contribution is 5.73. The number of pyridine rings is 1. The summed E-state index contributed by atoms with van der Waals surface area (Å²) in [6, 6.07) is 5.60. The van der Waals surface area contributed by atoms with Gasteiger partial charge in [-0.2, -0.15) is 0 Å². The molecule has 0 aromatic carbocycles. The zero-order chi connectivity index (χ0) is 15.9. The van der Waals surface area contributed by atoms with E-state index in [4.69, 9.17) is 4.74 Å². The maximum absolute atomic E-state index is 11.9. The van der Waals surface area contributed by atoms with Crippen molar-refractivity contribution in [1.29, 1.82) is 0 Å². The number of aliphatic hydroxyl groups excluding tert-OH is 1.